The summed E-state index contributed by atoms with van der Waals surface area (Å²) >= 11 is 11.3. The first-order valence-electron chi connectivity index (χ1n) is 5.74. The van der Waals surface area contributed by atoms with Gasteiger partial charge in [0.1, 0.15) is 0 Å². The third-order valence-electron chi connectivity index (χ3n) is 3.08. The number of thiophene rings is 1. The van der Waals surface area contributed by atoms with Crippen LogP contribution in [-0.2, 0) is 5.88 Å². The molecular formula is C14H15BrClNS. The first-order chi connectivity index (χ1) is 8.63. The summed E-state index contributed by atoms with van der Waals surface area (Å²) in [5.74, 6) is 0.545. The van der Waals surface area contributed by atoms with Gasteiger partial charge in [0.25, 0.3) is 0 Å². The van der Waals surface area contributed by atoms with Crippen molar-refractivity contribution >= 4 is 44.6 Å². The standard InChI is InChI=1S/C14H15BrClNS/c1-10(14-4-3-7-18-14)17(2)13-6-5-11(9-16)8-12(13)15/h3-8,10H,9H2,1-2H3. The monoisotopic (exact) mass is 343 g/mol. The lowest BCUT2D eigenvalue weighted by Crippen LogP contribution is -2.21. The summed E-state index contributed by atoms with van der Waals surface area (Å²) in [7, 11) is 2.12. The highest BCUT2D eigenvalue weighted by Gasteiger charge is 2.15. The van der Waals surface area contributed by atoms with Crippen molar-refractivity contribution in [2.45, 2.75) is 18.8 Å². The molecule has 1 aromatic heterocycles. The van der Waals surface area contributed by atoms with Gasteiger partial charge in [-0.1, -0.05) is 12.1 Å². The minimum atomic E-state index is 0.364. The van der Waals surface area contributed by atoms with E-state index in [1.54, 1.807) is 11.3 Å². The zero-order valence-corrected chi connectivity index (χ0v) is 13.5. The van der Waals surface area contributed by atoms with E-state index in [1.165, 1.54) is 10.6 Å². The molecule has 0 aliphatic carbocycles. The molecule has 1 heterocycles. The summed E-state index contributed by atoms with van der Waals surface area (Å²) in [5.41, 5.74) is 2.31. The number of alkyl halides is 1. The highest BCUT2D eigenvalue weighted by Crippen LogP contribution is 2.33. The number of hydrogen-bond donors (Lipinski definition) is 0. The Kier molecular flexibility index (Phi) is 4.71. The van der Waals surface area contributed by atoms with Gasteiger partial charge in [-0.25, -0.2) is 0 Å². The Labute approximate surface area is 126 Å². The van der Waals surface area contributed by atoms with Gasteiger partial charge in [-0.3, -0.25) is 0 Å². The van der Waals surface area contributed by atoms with Crippen LogP contribution in [0.5, 0.6) is 0 Å². The number of nitrogens with zero attached hydrogens (tertiary/aromatic N) is 1. The molecule has 4 heteroatoms. The molecule has 0 fully saturated rings. The molecule has 0 radical (unpaired) electrons. The summed E-state index contributed by atoms with van der Waals surface area (Å²) in [6.07, 6.45) is 0. The predicted molar refractivity (Wildman–Crippen MR) is 84.8 cm³/mol. The number of hydrogen-bond acceptors (Lipinski definition) is 2. The molecule has 0 bridgehead atoms. The zero-order chi connectivity index (χ0) is 13.1. The molecule has 1 atom stereocenters. The first-order valence-corrected chi connectivity index (χ1v) is 7.95. The lowest BCUT2D eigenvalue weighted by Gasteiger charge is -2.27. The van der Waals surface area contributed by atoms with Crippen molar-refractivity contribution < 1.29 is 0 Å². The molecule has 1 aromatic carbocycles. The van der Waals surface area contributed by atoms with Crippen molar-refractivity contribution in [1.29, 1.82) is 0 Å². The summed E-state index contributed by atoms with van der Waals surface area (Å²) < 4.78 is 1.09. The first kappa shape index (κ1) is 13.9. The Bertz CT molecular complexity index is 513. The Morgan fingerprint density at radius 2 is 2.17 bits per heavy atom. The van der Waals surface area contributed by atoms with Gasteiger partial charge >= 0.3 is 0 Å². The normalized spacial score (nSPS) is 12.4. The highest BCUT2D eigenvalue weighted by molar-refractivity contribution is 9.10. The smallest absolute Gasteiger partial charge is 0.0604 e. The second kappa shape index (κ2) is 6.09. The van der Waals surface area contributed by atoms with Crippen LogP contribution in [0.4, 0.5) is 5.69 Å². The van der Waals surface area contributed by atoms with E-state index in [0.717, 1.165) is 10.0 Å². The molecule has 96 valence electrons. The molecule has 18 heavy (non-hydrogen) atoms. The van der Waals surface area contributed by atoms with Crippen molar-refractivity contribution in [1.82, 2.24) is 0 Å². The lowest BCUT2D eigenvalue weighted by atomic mass is 10.2. The number of benzene rings is 1. The summed E-state index contributed by atoms with van der Waals surface area (Å²) in [5, 5.41) is 2.12. The van der Waals surface area contributed by atoms with Gasteiger partial charge < -0.3 is 4.90 Å². The van der Waals surface area contributed by atoms with Gasteiger partial charge in [-0.05, 0) is 52.0 Å². The molecule has 1 nitrogen and oxygen atoms in total. The second-order valence-electron chi connectivity index (χ2n) is 4.22. The van der Waals surface area contributed by atoms with Crippen LogP contribution in [0, 0.1) is 0 Å². The minimum Gasteiger partial charge on any atom is -0.366 e. The van der Waals surface area contributed by atoms with E-state index < -0.39 is 0 Å². The summed E-state index contributed by atoms with van der Waals surface area (Å²) in [6.45, 7) is 2.22. The fraction of sp³-hybridized carbons (Fsp3) is 0.286. The fourth-order valence-corrected chi connectivity index (χ4v) is 3.55. The quantitative estimate of drug-likeness (QED) is 0.667. The number of rotatable bonds is 4. The van der Waals surface area contributed by atoms with Crippen molar-refractivity contribution in [2.24, 2.45) is 0 Å². The van der Waals surface area contributed by atoms with E-state index in [9.17, 15) is 0 Å². The molecule has 1 unspecified atom stereocenters. The topological polar surface area (TPSA) is 3.24 Å². The van der Waals surface area contributed by atoms with E-state index >= 15 is 0 Å². The average molecular weight is 345 g/mol. The van der Waals surface area contributed by atoms with E-state index in [0.29, 0.717) is 11.9 Å². The summed E-state index contributed by atoms with van der Waals surface area (Å²) in [6, 6.07) is 10.9. The van der Waals surface area contributed by atoms with Gasteiger partial charge in [0.05, 0.1) is 11.7 Å². The van der Waals surface area contributed by atoms with Crippen molar-refractivity contribution in [3.63, 3.8) is 0 Å². The molecule has 2 rings (SSSR count). The maximum absolute atomic E-state index is 5.84. The maximum atomic E-state index is 5.84. The summed E-state index contributed by atoms with van der Waals surface area (Å²) in [4.78, 5) is 3.64. The third-order valence-corrected chi connectivity index (χ3v) is 5.07. The molecule has 0 amide bonds. The average Bonchev–Trinajstić information content (AvgIpc) is 2.90. The third kappa shape index (κ3) is 2.90. The molecule has 0 saturated heterocycles. The molecular weight excluding hydrogens is 330 g/mol. The van der Waals surface area contributed by atoms with Crippen LogP contribution in [0.25, 0.3) is 0 Å². The molecule has 0 saturated carbocycles. The van der Waals surface area contributed by atoms with E-state index in [1.807, 2.05) is 0 Å². The molecule has 0 spiro atoms. The molecule has 0 aliphatic rings. The van der Waals surface area contributed by atoms with Crippen molar-refractivity contribution in [3.8, 4) is 0 Å². The second-order valence-corrected chi connectivity index (χ2v) is 6.32. The largest absolute Gasteiger partial charge is 0.366 e. The number of halogens is 2. The predicted octanol–water partition coefficient (Wildman–Crippen LogP) is 5.45. The van der Waals surface area contributed by atoms with Gasteiger partial charge in [-0.15, -0.1) is 22.9 Å². The maximum Gasteiger partial charge on any atom is 0.0604 e. The Morgan fingerprint density at radius 1 is 1.39 bits per heavy atom. The minimum absolute atomic E-state index is 0.364. The van der Waals surface area contributed by atoms with Gasteiger partial charge in [0, 0.05) is 22.3 Å². The van der Waals surface area contributed by atoms with Crippen molar-refractivity contribution in [2.75, 3.05) is 11.9 Å². The van der Waals surface area contributed by atoms with Crippen LogP contribution in [-0.4, -0.2) is 7.05 Å². The number of anilines is 1. The van der Waals surface area contributed by atoms with Crippen LogP contribution in [0.1, 0.15) is 23.4 Å². The Hall–Kier alpha value is -0.510. The van der Waals surface area contributed by atoms with E-state index in [4.69, 9.17) is 11.6 Å². The van der Waals surface area contributed by atoms with Crippen LogP contribution >= 0.6 is 38.9 Å². The molecule has 0 aliphatic heterocycles. The van der Waals surface area contributed by atoms with E-state index in [-0.39, 0.29) is 0 Å². The van der Waals surface area contributed by atoms with Crippen LogP contribution in [0.3, 0.4) is 0 Å². The van der Waals surface area contributed by atoms with Gasteiger partial charge in [0.2, 0.25) is 0 Å². The van der Waals surface area contributed by atoms with Gasteiger partial charge in [-0.2, -0.15) is 0 Å². The SMILES string of the molecule is CC(c1cccs1)N(C)c1ccc(CCl)cc1Br. The molecule has 2 aromatic rings. The van der Waals surface area contributed by atoms with Gasteiger partial charge in [0.15, 0.2) is 0 Å². The Morgan fingerprint density at radius 3 is 2.72 bits per heavy atom. The van der Waals surface area contributed by atoms with E-state index in [2.05, 4.69) is 70.5 Å². The zero-order valence-electron chi connectivity index (χ0n) is 10.4. The van der Waals surface area contributed by atoms with Crippen LogP contribution < -0.4 is 4.90 Å². The lowest BCUT2D eigenvalue weighted by molar-refractivity contribution is 0.752. The Balaban J connectivity index is 2.26. The molecule has 0 N–H and O–H groups in total. The fourth-order valence-electron chi connectivity index (χ4n) is 1.85. The highest BCUT2D eigenvalue weighted by atomic mass is 79.9. The van der Waals surface area contributed by atoms with Crippen LogP contribution in [0.15, 0.2) is 40.2 Å². The van der Waals surface area contributed by atoms with Crippen molar-refractivity contribution in [3.05, 3.63) is 50.6 Å². The van der Waals surface area contributed by atoms with Crippen LogP contribution in [0.2, 0.25) is 0 Å².